The minimum atomic E-state index is -4.83. The number of aryl methyl sites for hydroxylation is 1. The number of carbonyl (C=O) groups excluding carboxylic acids is 4. The molecule has 2 N–H and O–H groups in total. The zero-order valence-electron chi connectivity index (χ0n) is 34.6. The van der Waals surface area contributed by atoms with Crippen LogP contribution in [-0.4, -0.2) is 116 Å². The van der Waals surface area contributed by atoms with Crippen molar-refractivity contribution in [2.24, 2.45) is 7.05 Å². The van der Waals surface area contributed by atoms with Gasteiger partial charge in [-0.25, -0.2) is 9.78 Å². The van der Waals surface area contributed by atoms with Gasteiger partial charge in [0.25, 0.3) is 5.91 Å². The molecule has 2 aromatic heterocycles. The highest BCUT2D eigenvalue weighted by Crippen LogP contribution is 2.40. The van der Waals surface area contributed by atoms with Gasteiger partial charge in [-0.3, -0.25) is 39.1 Å². The molecule has 16 nitrogen and oxygen atoms in total. The molecule has 326 valence electrons. The average Bonchev–Trinajstić information content (AvgIpc) is 3.62. The fraction of sp³-hybridized carbons (Fsp3) is 0.561. The van der Waals surface area contributed by atoms with Crippen LogP contribution in [0, 0.1) is 11.3 Å². The van der Waals surface area contributed by atoms with Gasteiger partial charge in [0.15, 0.2) is 16.6 Å². The predicted octanol–water partition coefficient (Wildman–Crippen LogP) is 5.24. The molecule has 4 fully saturated rings. The Morgan fingerprint density at radius 1 is 1.07 bits per heavy atom. The monoisotopic (exact) mass is 866 g/mol. The molecular weight excluding hydrogens is 818 g/mol. The number of hydrogen-bond acceptors (Lipinski definition) is 11. The summed E-state index contributed by atoms with van der Waals surface area (Å²) >= 11 is 5.71. The summed E-state index contributed by atoms with van der Waals surface area (Å²) in [4.78, 5) is 61.4. The highest BCUT2D eigenvalue weighted by molar-refractivity contribution is 7.80. The molecule has 3 atom stereocenters. The lowest BCUT2D eigenvalue weighted by Gasteiger charge is -2.42. The molecule has 1 saturated carbocycles. The molecule has 3 saturated heterocycles. The lowest BCUT2D eigenvalue weighted by atomic mass is 9.89. The van der Waals surface area contributed by atoms with E-state index in [4.69, 9.17) is 27.0 Å². The summed E-state index contributed by atoms with van der Waals surface area (Å²) in [5.74, 6) is -0.566. The Hall–Kier alpha value is -5.23. The maximum atomic E-state index is 13.7. The van der Waals surface area contributed by atoms with E-state index in [0.29, 0.717) is 61.3 Å². The first-order valence-electron chi connectivity index (χ1n) is 20.4. The number of nitrogens with zero attached hydrogens (tertiary/aromatic N) is 8. The molecule has 1 unspecified atom stereocenters. The van der Waals surface area contributed by atoms with Crippen LogP contribution in [0.4, 0.5) is 35.2 Å². The quantitative estimate of drug-likeness (QED) is 0.190. The number of pyridine rings is 1. The summed E-state index contributed by atoms with van der Waals surface area (Å²) < 4.78 is 55.2. The highest BCUT2D eigenvalue weighted by atomic mass is 32.1. The number of halogens is 3. The normalized spacial score (nSPS) is 25.0. The number of anilines is 3. The summed E-state index contributed by atoms with van der Waals surface area (Å²) in [7, 11) is 1.74. The number of alkyl halides is 3. The van der Waals surface area contributed by atoms with Crippen LogP contribution in [-0.2, 0) is 37.1 Å². The summed E-state index contributed by atoms with van der Waals surface area (Å²) in [6.45, 7) is 8.76. The maximum absolute atomic E-state index is 13.7. The number of hydrogen-bond donors (Lipinski definition) is 2. The zero-order chi connectivity index (χ0) is 44.0. The molecule has 1 aliphatic carbocycles. The van der Waals surface area contributed by atoms with Gasteiger partial charge in [0.1, 0.15) is 11.6 Å². The number of urea groups is 1. The topological polar surface area (TPSA) is 178 Å². The van der Waals surface area contributed by atoms with E-state index in [2.05, 4.69) is 39.5 Å². The van der Waals surface area contributed by atoms with Crippen molar-refractivity contribution in [2.45, 2.75) is 115 Å². The van der Waals surface area contributed by atoms with Crippen molar-refractivity contribution in [3.63, 3.8) is 0 Å². The minimum Gasteiger partial charge on any atom is -0.376 e. The van der Waals surface area contributed by atoms with Gasteiger partial charge in [0, 0.05) is 43.5 Å². The van der Waals surface area contributed by atoms with E-state index < -0.39 is 34.9 Å². The smallest absolute Gasteiger partial charge is 0.376 e. The minimum absolute atomic E-state index is 0.00931. The van der Waals surface area contributed by atoms with Gasteiger partial charge in [-0.1, -0.05) is 6.07 Å². The second-order valence-corrected chi connectivity index (χ2v) is 17.0. The summed E-state index contributed by atoms with van der Waals surface area (Å²) in [6, 6.07) is 7.11. The Labute approximate surface area is 356 Å². The second kappa shape index (κ2) is 17.3. The highest BCUT2D eigenvalue weighted by Gasteiger charge is 2.53. The number of amides is 5. The third-order valence-electron chi connectivity index (χ3n) is 12.2. The second-order valence-electron chi connectivity index (χ2n) is 16.6. The molecule has 5 amide bonds. The van der Waals surface area contributed by atoms with Gasteiger partial charge < -0.3 is 19.7 Å². The Morgan fingerprint density at radius 3 is 2.38 bits per heavy atom. The number of nitrogens with one attached hydrogen (secondary N) is 2. The van der Waals surface area contributed by atoms with Crippen LogP contribution in [0.25, 0.3) is 10.9 Å². The number of ether oxygens (including phenoxy) is 2. The SMILES string of the molecule is C[C@@H]1CC(OCCOC2CCC(N3C(=S)N(c4cnc(C#N)c(C(F)(F)F)c4)C(=O)C3(C)C)CC2)C[C@H](C)N1CC(=O)Nc1cccc2c(N3CCC(=O)NC3=O)nn(C)c12. The van der Waals surface area contributed by atoms with Crippen LogP contribution in [0.2, 0.25) is 0 Å². The van der Waals surface area contributed by atoms with Gasteiger partial charge in [-0.05, 0) is 96.6 Å². The first kappa shape index (κ1) is 43.8. The van der Waals surface area contributed by atoms with Crippen LogP contribution >= 0.6 is 12.2 Å². The summed E-state index contributed by atoms with van der Waals surface area (Å²) in [5, 5.41) is 19.9. The number of aromatic nitrogens is 3. The molecule has 7 rings (SSSR count). The zero-order valence-corrected chi connectivity index (χ0v) is 35.4. The molecule has 61 heavy (non-hydrogen) atoms. The van der Waals surface area contributed by atoms with E-state index in [-0.39, 0.29) is 72.5 Å². The van der Waals surface area contributed by atoms with Gasteiger partial charge in [-0.15, -0.1) is 0 Å². The van der Waals surface area contributed by atoms with E-state index in [1.54, 1.807) is 37.7 Å². The largest absolute Gasteiger partial charge is 0.419 e. The first-order valence-corrected chi connectivity index (χ1v) is 20.8. The number of rotatable bonds is 11. The first-order chi connectivity index (χ1) is 28.9. The molecule has 0 radical (unpaired) electrons. The van der Waals surface area contributed by atoms with Crippen LogP contribution in [0.3, 0.4) is 0 Å². The molecule has 0 spiro atoms. The van der Waals surface area contributed by atoms with E-state index in [0.717, 1.165) is 30.0 Å². The molecule has 5 heterocycles. The number of para-hydroxylation sites is 1. The van der Waals surface area contributed by atoms with Gasteiger partial charge in [0.2, 0.25) is 11.8 Å². The Bertz CT molecular complexity index is 2260. The van der Waals surface area contributed by atoms with E-state index in [1.807, 2.05) is 11.0 Å². The van der Waals surface area contributed by atoms with Crippen molar-refractivity contribution in [2.75, 3.05) is 41.4 Å². The van der Waals surface area contributed by atoms with E-state index >= 15 is 0 Å². The van der Waals surface area contributed by atoms with Gasteiger partial charge in [0.05, 0.1) is 60.6 Å². The van der Waals surface area contributed by atoms with Crippen molar-refractivity contribution >= 4 is 69.2 Å². The maximum Gasteiger partial charge on any atom is 0.419 e. The molecule has 0 bridgehead atoms. The third-order valence-corrected chi connectivity index (χ3v) is 12.5. The van der Waals surface area contributed by atoms with Crippen LogP contribution in [0.5, 0.6) is 0 Å². The number of fused-ring (bicyclic) bond motifs is 1. The van der Waals surface area contributed by atoms with Crippen molar-refractivity contribution in [1.82, 2.24) is 29.9 Å². The average molecular weight is 867 g/mol. The Morgan fingerprint density at radius 2 is 1.74 bits per heavy atom. The number of imide groups is 1. The van der Waals surface area contributed by atoms with Crippen molar-refractivity contribution < 1.29 is 41.8 Å². The van der Waals surface area contributed by atoms with Crippen LogP contribution in [0.15, 0.2) is 30.5 Å². The van der Waals surface area contributed by atoms with Crippen molar-refractivity contribution in [3.05, 3.63) is 41.7 Å². The fourth-order valence-electron chi connectivity index (χ4n) is 9.18. The van der Waals surface area contributed by atoms with Crippen molar-refractivity contribution in [1.29, 1.82) is 5.26 Å². The lowest BCUT2D eigenvalue weighted by molar-refractivity contribution is -0.138. The number of likely N-dealkylation sites (tertiary alicyclic amines) is 1. The molecular formula is C41H49F3N10O6S. The molecule has 3 aromatic rings. The summed E-state index contributed by atoms with van der Waals surface area (Å²) in [5.41, 5.74) is -2.01. The van der Waals surface area contributed by atoms with Crippen LogP contribution in [0.1, 0.15) is 83.9 Å². The molecule has 20 heteroatoms. The predicted molar refractivity (Wildman–Crippen MR) is 221 cm³/mol. The molecule has 4 aliphatic rings. The number of piperidine rings is 1. The fourth-order valence-corrected chi connectivity index (χ4v) is 9.75. The number of thiocarbonyl (C=S) groups is 1. The standard InChI is InChI=1S/C41H49F3N10O6S/c1-23-17-28(18-24(2)52(23)22-34(56)47-31-8-6-7-29-35(31)50(5)49-36(29)51-14-13-33(55)48-38(51)58)60-16-15-59-27-11-9-25(10-12-27)54-39(61)53(37(57)40(54,3)4)26-19-30(41(42,43)44)32(20-45)46-21-26/h6-8,19,21,23-25,27-28H,9-18,22H2,1-5H3,(H,47,56)(H,48,55,58)/t23-,24+,25?,27?,28?. The van der Waals surface area contributed by atoms with Gasteiger partial charge >= 0.3 is 12.2 Å². The van der Waals surface area contributed by atoms with E-state index in [1.165, 1.54) is 11.0 Å². The summed E-state index contributed by atoms with van der Waals surface area (Å²) in [6.07, 6.45) is 0.574. The number of nitriles is 1. The lowest BCUT2D eigenvalue weighted by Crippen LogP contribution is -2.51. The molecule has 1 aromatic carbocycles. The van der Waals surface area contributed by atoms with E-state index in [9.17, 15) is 32.3 Å². The Balaban J connectivity index is 0.861. The van der Waals surface area contributed by atoms with Crippen molar-refractivity contribution in [3.8, 4) is 6.07 Å². The Kier molecular flexibility index (Phi) is 12.4. The number of benzene rings is 1. The van der Waals surface area contributed by atoms with Gasteiger partial charge in [-0.2, -0.15) is 23.5 Å². The molecule has 3 aliphatic heterocycles. The number of carbonyl (C=O) groups is 4. The third kappa shape index (κ3) is 8.78. The van der Waals surface area contributed by atoms with Crippen LogP contribution < -0.4 is 20.4 Å².